The van der Waals surface area contributed by atoms with E-state index >= 15 is 0 Å². The summed E-state index contributed by atoms with van der Waals surface area (Å²) in [7, 11) is 1.37. The van der Waals surface area contributed by atoms with Crippen LogP contribution in [-0.4, -0.2) is 36.2 Å². The van der Waals surface area contributed by atoms with Gasteiger partial charge in [-0.1, -0.05) is 6.92 Å². The van der Waals surface area contributed by atoms with Crippen molar-refractivity contribution in [2.75, 3.05) is 20.3 Å². The predicted octanol–water partition coefficient (Wildman–Crippen LogP) is 1.40. The van der Waals surface area contributed by atoms with Crippen molar-refractivity contribution in [1.82, 2.24) is 15.3 Å². The summed E-state index contributed by atoms with van der Waals surface area (Å²) < 4.78 is 10.5. The van der Waals surface area contributed by atoms with Gasteiger partial charge in [-0.05, 0) is 13.3 Å². The maximum atomic E-state index is 11.9. The van der Waals surface area contributed by atoms with E-state index in [1.54, 1.807) is 0 Å². The lowest BCUT2D eigenvalue weighted by Crippen LogP contribution is -2.29. The topological polar surface area (TPSA) is 73.3 Å². The van der Waals surface area contributed by atoms with Crippen LogP contribution in [0.3, 0.4) is 0 Å². The number of hydrogen-bond donors (Lipinski definition) is 1. The van der Waals surface area contributed by atoms with Crippen molar-refractivity contribution in [2.45, 2.75) is 39.3 Å². The third-order valence-electron chi connectivity index (χ3n) is 3.36. The molecule has 1 aliphatic heterocycles. The number of aromatic nitrogens is 2. The third-order valence-corrected chi connectivity index (χ3v) is 3.36. The van der Waals surface area contributed by atoms with Crippen molar-refractivity contribution in [3.63, 3.8) is 0 Å². The fourth-order valence-electron chi connectivity index (χ4n) is 2.35. The Hall–Kier alpha value is -1.53. The molecule has 1 N–H and O–H groups in total. The molecule has 1 aliphatic rings. The number of carbonyl (C=O) groups excluding carboxylic acids is 1. The van der Waals surface area contributed by atoms with E-state index in [1.165, 1.54) is 7.11 Å². The molecule has 2 rings (SSSR count). The number of nitrogens with zero attached hydrogens (tertiary/aromatic N) is 2. The van der Waals surface area contributed by atoms with Gasteiger partial charge in [-0.3, -0.25) is 0 Å². The highest BCUT2D eigenvalue weighted by atomic mass is 16.5. The maximum absolute atomic E-state index is 11.9. The van der Waals surface area contributed by atoms with Crippen molar-refractivity contribution in [3.8, 4) is 0 Å². The first-order valence-electron chi connectivity index (χ1n) is 7.01. The Morgan fingerprint density at radius 2 is 2.20 bits per heavy atom. The fourth-order valence-corrected chi connectivity index (χ4v) is 2.35. The van der Waals surface area contributed by atoms with Crippen LogP contribution in [0.5, 0.6) is 0 Å². The number of rotatable bonds is 5. The van der Waals surface area contributed by atoms with Crippen LogP contribution in [0, 0.1) is 0 Å². The lowest BCUT2D eigenvalue weighted by molar-refractivity contribution is 0.0514. The molecule has 0 amide bonds. The highest BCUT2D eigenvalue weighted by Gasteiger charge is 2.25. The van der Waals surface area contributed by atoms with Crippen LogP contribution in [0.15, 0.2) is 0 Å². The van der Waals surface area contributed by atoms with Crippen LogP contribution in [0.4, 0.5) is 0 Å². The highest BCUT2D eigenvalue weighted by Crippen LogP contribution is 2.23. The fraction of sp³-hybridized carbons (Fsp3) is 0.643. The first-order chi connectivity index (χ1) is 9.71. The second-order valence-corrected chi connectivity index (χ2v) is 4.63. The molecule has 0 saturated heterocycles. The van der Waals surface area contributed by atoms with Gasteiger partial charge in [-0.25, -0.2) is 14.8 Å². The van der Waals surface area contributed by atoms with Gasteiger partial charge < -0.3 is 14.8 Å². The first-order valence-corrected chi connectivity index (χ1v) is 7.01. The maximum Gasteiger partial charge on any atom is 0.357 e. The Labute approximate surface area is 118 Å². The second kappa shape index (κ2) is 6.76. The van der Waals surface area contributed by atoms with E-state index in [-0.39, 0.29) is 6.10 Å². The molecule has 110 valence electrons. The minimum absolute atomic E-state index is 0.177. The third kappa shape index (κ3) is 2.96. The quantitative estimate of drug-likeness (QED) is 0.821. The van der Waals surface area contributed by atoms with E-state index in [4.69, 9.17) is 9.47 Å². The molecule has 1 aromatic rings. The summed E-state index contributed by atoms with van der Waals surface area (Å²) in [6.07, 6.45) is 1.38. The monoisotopic (exact) mass is 279 g/mol. The molecule has 0 spiro atoms. The molecule has 1 unspecified atom stereocenters. The van der Waals surface area contributed by atoms with Crippen molar-refractivity contribution >= 4 is 5.97 Å². The lowest BCUT2D eigenvalue weighted by atomic mass is 10.0. The number of nitrogens with one attached hydrogen (secondary N) is 1. The lowest BCUT2D eigenvalue weighted by Gasteiger charge is -2.21. The molecule has 6 heteroatoms. The molecular formula is C14H21N3O3. The SMILES string of the molecule is CCOC(CC)c1nc2c(c(C(=O)OC)n1)CNCC2. The Balaban J connectivity index is 2.46. The summed E-state index contributed by atoms with van der Waals surface area (Å²) in [6.45, 7) is 6.00. The van der Waals surface area contributed by atoms with Crippen molar-refractivity contribution in [2.24, 2.45) is 0 Å². The number of hydrogen-bond acceptors (Lipinski definition) is 6. The molecule has 20 heavy (non-hydrogen) atoms. The van der Waals surface area contributed by atoms with Gasteiger partial charge >= 0.3 is 5.97 Å². The number of carbonyl (C=O) groups is 1. The molecule has 1 aromatic heterocycles. The zero-order valence-corrected chi connectivity index (χ0v) is 12.2. The van der Waals surface area contributed by atoms with Crippen molar-refractivity contribution < 1.29 is 14.3 Å². The molecule has 2 heterocycles. The van der Waals surface area contributed by atoms with Gasteiger partial charge in [0.2, 0.25) is 0 Å². The molecule has 0 aliphatic carbocycles. The van der Waals surface area contributed by atoms with Gasteiger partial charge in [0, 0.05) is 31.7 Å². The van der Waals surface area contributed by atoms with Crippen LogP contribution in [0.25, 0.3) is 0 Å². The number of fused-ring (bicyclic) bond motifs is 1. The molecule has 0 fully saturated rings. The molecular weight excluding hydrogens is 258 g/mol. The average molecular weight is 279 g/mol. The van der Waals surface area contributed by atoms with Crippen molar-refractivity contribution in [1.29, 1.82) is 0 Å². The van der Waals surface area contributed by atoms with Crippen LogP contribution >= 0.6 is 0 Å². The van der Waals surface area contributed by atoms with E-state index in [2.05, 4.69) is 15.3 Å². The second-order valence-electron chi connectivity index (χ2n) is 4.63. The number of methoxy groups -OCH3 is 1. The van der Waals surface area contributed by atoms with Gasteiger partial charge in [0.1, 0.15) is 6.10 Å². The normalized spacial score (nSPS) is 15.6. The van der Waals surface area contributed by atoms with Crippen LogP contribution < -0.4 is 5.32 Å². The van der Waals surface area contributed by atoms with Gasteiger partial charge in [0.15, 0.2) is 11.5 Å². The summed E-state index contributed by atoms with van der Waals surface area (Å²) in [6, 6.07) is 0. The molecule has 1 atom stereocenters. The summed E-state index contributed by atoms with van der Waals surface area (Å²) in [5, 5.41) is 3.23. The zero-order chi connectivity index (χ0) is 14.5. The van der Waals surface area contributed by atoms with Gasteiger partial charge in [-0.15, -0.1) is 0 Å². The highest BCUT2D eigenvalue weighted by molar-refractivity contribution is 5.89. The minimum Gasteiger partial charge on any atom is -0.464 e. The Bertz CT molecular complexity index is 491. The Kier molecular flexibility index (Phi) is 5.03. The molecule has 6 nitrogen and oxygen atoms in total. The average Bonchev–Trinajstić information content (AvgIpc) is 2.50. The zero-order valence-electron chi connectivity index (χ0n) is 12.2. The van der Waals surface area contributed by atoms with Gasteiger partial charge in [0.05, 0.1) is 12.8 Å². The largest absolute Gasteiger partial charge is 0.464 e. The summed E-state index contributed by atoms with van der Waals surface area (Å²) in [5.74, 6) is 0.162. The number of ether oxygens (including phenoxy) is 2. The van der Waals surface area contributed by atoms with E-state index in [9.17, 15) is 4.79 Å². The Morgan fingerprint density at radius 3 is 2.85 bits per heavy atom. The van der Waals surface area contributed by atoms with Gasteiger partial charge in [-0.2, -0.15) is 0 Å². The molecule has 0 radical (unpaired) electrons. The van der Waals surface area contributed by atoms with Crippen molar-refractivity contribution in [3.05, 3.63) is 22.8 Å². The van der Waals surface area contributed by atoms with E-state index in [1.807, 2.05) is 13.8 Å². The van der Waals surface area contributed by atoms with Crippen LogP contribution in [0.1, 0.15) is 53.9 Å². The van der Waals surface area contributed by atoms with Gasteiger partial charge in [0.25, 0.3) is 0 Å². The van der Waals surface area contributed by atoms with Crippen LogP contribution in [-0.2, 0) is 22.4 Å². The summed E-state index contributed by atoms with van der Waals surface area (Å²) in [5.41, 5.74) is 2.13. The molecule has 0 aromatic carbocycles. The van der Waals surface area contributed by atoms with Crippen LogP contribution in [0.2, 0.25) is 0 Å². The standard InChI is InChI=1S/C14H21N3O3/c1-4-11(20-5-2)13-16-10-6-7-15-8-9(10)12(17-13)14(18)19-3/h11,15H,4-8H2,1-3H3. The summed E-state index contributed by atoms with van der Waals surface area (Å²) >= 11 is 0. The minimum atomic E-state index is -0.417. The predicted molar refractivity (Wildman–Crippen MR) is 73.4 cm³/mol. The van der Waals surface area contributed by atoms with E-state index in [0.29, 0.717) is 24.7 Å². The molecule has 0 bridgehead atoms. The smallest absolute Gasteiger partial charge is 0.357 e. The van der Waals surface area contributed by atoms with E-state index in [0.717, 1.165) is 30.6 Å². The van der Waals surface area contributed by atoms with E-state index < -0.39 is 5.97 Å². The molecule has 0 saturated carbocycles. The Morgan fingerprint density at radius 1 is 1.40 bits per heavy atom. The first kappa shape index (κ1) is 14.9. The summed E-state index contributed by atoms with van der Waals surface area (Å²) in [4.78, 5) is 20.9. The number of esters is 1.